The minimum absolute atomic E-state index is 0. The van der Waals surface area contributed by atoms with Gasteiger partial charge in [-0.05, 0) is 31.4 Å². The smallest absolute Gasteiger partial charge is 0.223 e. The van der Waals surface area contributed by atoms with Crippen molar-refractivity contribution in [3.05, 3.63) is 35.6 Å². The third kappa shape index (κ3) is 6.03. The molecule has 0 spiro atoms. The van der Waals surface area contributed by atoms with E-state index in [9.17, 15) is 9.18 Å². The molecule has 0 bridgehead atoms. The van der Waals surface area contributed by atoms with Crippen LogP contribution in [0.4, 0.5) is 4.39 Å². The fourth-order valence-electron chi connectivity index (χ4n) is 1.65. The Bertz CT molecular complexity index is 401. The van der Waals surface area contributed by atoms with Gasteiger partial charge in [0.1, 0.15) is 5.82 Å². The lowest BCUT2D eigenvalue weighted by molar-refractivity contribution is -0.125. The van der Waals surface area contributed by atoms with Gasteiger partial charge in [0, 0.05) is 18.5 Å². The molecule has 5 heteroatoms. The third-order valence-corrected chi connectivity index (χ3v) is 2.99. The minimum atomic E-state index is -0.208. The Hall–Kier alpha value is -1.13. The predicted molar refractivity (Wildman–Crippen MR) is 77.8 cm³/mol. The summed E-state index contributed by atoms with van der Waals surface area (Å²) in [5.74, 6) is -0.372. The fourth-order valence-corrected chi connectivity index (χ4v) is 1.65. The maximum absolute atomic E-state index is 13.4. The zero-order valence-electron chi connectivity index (χ0n) is 11.4. The van der Waals surface area contributed by atoms with Crippen molar-refractivity contribution in [2.75, 3.05) is 6.54 Å². The van der Waals surface area contributed by atoms with Gasteiger partial charge in [0.15, 0.2) is 0 Å². The molecule has 0 aliphatic heterocycles. The van der Waals surface area contributed by atoms with E-state index in [1.165, 1.54) is 6.07 Å². The van der Waals surface area contributed by atoms with Crippen LogP contribution >= 0.6 is 12.4 Å². The van der Waals surface area contributed by atoms with E-state index in [1.807, 2.05) is 13.8 Å². The van der Waals surface area contributed by atoms with Gasteiger partial charge in [-0.15, -0.1) is 12.4 Å². The maximum Gasteiger partial charge on any atom is 0.223 e. The van der Waals surface area contributed by atoms with Crippen LogP contribution in [-0.2, 0) is 11.2 Å². The Morgan fingerprint density at radius 3 is 2.58 bits per heavy atom. The van der Waals surface area contributed by atoms with Crippen LogP contribution < -0.4 is 11.1 Å². The van der Waals surface area contributed by atoms with E-state index in [4.69, 9.17) is 5.73 Å². The maximum atomic E-state index is 13.4. The van der Waals surface area contributed by atoms with Crippen molar-refractivity contribution in [1.29, 1.82) is 0 Å². The quantitative estimate of drug-likeness (QED) is 0.844. The van der Waals surface area contributed by atoms with E-state index in [-0.39, 0.29) is 36.1 Å². The average Bonchev–Trinajstić information content (AvgIpc) is 2.37. The van der Waals surface area contributed by atoms with Crippen LogP contribution in [0, 0.1) is 11.7 Å². The molecule has 0 aliphatic rings. The van der Waals surface area contributed by atoms with Crippen LogP contribution in [0.15, 0.2) is 24.3 Å². The Kier molecular flexibility index (Phi) is 8.35. The number of hydrogen-bond acceptors (Lipinski definition) is 2. The molecule has 0 aliphatic carbocycles. The van der Waals surface area contributed by atoms with E-state index < -0.39 is 0 Å². The largest absolute Gasteiger partial charge is 0.352 e. The summed E-state index contributed by atoms with van der Waals surface area (Å²) in [7, 11) is 0. The van der Waals surface area contributed by atoms with Gasteiger partial charge in [0.05, 0.1) is 0 Å². The summed E-state index contributed by atoms with van der Waals surface area (Å²) in [4.78, 5) is 11.8. The average molecular weight is 289 g/mol. The molecule has 19 heavy (non-hydrogen) atoms. The highest BCUT2D eigenvalue weighted by Gasteiger charge is 2.15. The summed E-state index contributed by atoms with van der Waals surface area (Å²) in [6.07, 6.45) is 1.20. The SMILES string of the molecule is CC(CCc1ccccc1F)C(=O)N[C@@H](C)CN.Cl. The number of nitrogens with two attached hydrogens (primary N) is 1. The number of carbonyl (C=O) groups is 1. The number of aryl methyl sites for hydroxylation is 1. The number of hydrogen-bond donors (Lipinski definition) is 2. The lowest BCUT2D eigenvalue weighted by atomic mass is 10.00. The van der Waals surface area contributed by atoms with Crippen LogP contribution in [0.3, 0.4) is 0 Å². The molecule has 0 heterocycles. The Morgan fingerprint density at radius 1 is 1.37 bits per heavy atom. The summed E-state index contributed by atoms with van der Waals surface area (Å²) in [5.41, 5.74) is 6.10. The van der Waals surface area contributed by atoms with Gasteiger partial charge < -0.3 is 11.1 Å². The van der Waals surface area contributed by atoms with Crippen LogP contribution in [0.5, 0.6) is 0 Å². The molecule has 1 unspecified atom stereocenters. The van der Waals surface area contributed by atoms with Gasteiger partial charge in [-0.1, -0.05) is 25.1 Å². The molecule has 1 rings (SSSR count). The van der Waals surface area contributed by atoms with Crippen molar-refractivity contribution in [1.82, 2.24) is 5.32 Å². The highest BCUT2D eigenvalue weighted by atomic mass is 35.5. The van der Waals surface area contributed by atoms with Crippen molar-refractivity contribution in [3.8, 4) is 0 Å². The highest BCUT2D eigenvalue weighted by Crippen LogP contribution is 2.13. The standard InChI is InChI=1S/C14H21FN2O.ClH/c1-10(14(18)17-11(2)9-16)7-8-12-5-3-4-6-13(12)15;/h3-6,10-11H,7-9,16H2,1-2H3,(H,17,18);1H/t10?,11-;/m0./s1. The number of nitrogens with one attached hydrogen (secondary N) is 1. The van der Waals surface area contributed by atoms with Crippen molar-refractivity contribution in [2.45, 2.75) is 32.7 Å². The molecule has 0 radical (unpaired) electrons. The minimum Gasteiger partial charge on any atom is -0.352 e. The lowest BCUT2D eigenvalue weighted by Gasteiger charge is -2.16. The van der Waals surface area contributed by atoms with E-state index in [1.54, 1.807) is 18.2 Å². The topological polar surface area (TPSA) is 55.1 Å². The monoisotopic (exact) mass is 288 g/mol. The van der Waals surface area contributed by atoms with Gasteiger partial charge in [-0.2, -0.15) is 0 Å². The molecule has 0 aromatic heterocycles. The number of halogens is 2. The Morgan fingerprint density at radius 2 is 2.00 bits per heavy atom. The molecule has 3 N–H and O–H groups in total. The molecular formula is C14H22ClFN2O. The van der Waals surface area contributed by atoms with Crippen LogP contribution in [0.25, 0.3) is 0 Å². The van der Waals surface area contributed by atoms with E-state index >= 15 is 0 Å². The first-order chi connectivity index (χ1) is 8.54. The third-order valence-electron chi connectivity index (χ3n) is 2.99. The Balaban J connectivity index is 0.00000324. The highest BCUT2D eigenvalue weighted by molar-refractivity contribution is 5.85. The van der Waals surface area contributed by atoms with E-state index in [0.29, 0.717) is 24.9 Å². The Labute approximate surface area is 120 Å². The number of amides is 1. The normalized spacial score (nSPS) is 13.3. The van der Waals surface area contributed by atoms with Crippen LogP contribution in [-0.4, -0.2) is 18.5 Å². The van der Waals surface area contributed by atoms with Crippen LogP contribution in [0.2, 0.25) is 0 Å². The molecule has 108 valence electrons. The van der Waals surface area contributed by atoms with Crippen molar-refractivity contribution < 1.29 is 9.18 Å². The zero-order valence-corrected chi connectivity index (χ0v) is 12.2. The van der Waals surface area contributed by atoms with Crippen molar-refractivity contribution in [2.24, 2.45) is 11.7 Å². The van der Waals surface area contributed by atoms with E-state index in [2.05, 4.69) is 5.32 Å². The molecule has 0 saturated heterocycles. The van der Waals surface area contributed by atoms with E-state index in [0.717, 1.165) is 0 Å². The second-order valence-corrected chi connectivity index (χ2v) is 4.68. The zero-order chi connectivity index (χ0) is 13.5. The summed E-state index contributed by atoms with van der Waals surface area (Å²) in [6.45, 7) is 4.13. The molecule has 0 saturated carbocycles. The van der Waals surface area contributed by atoms with Gasteiger partial charge in [-0.25, -0.2) is 4.39 Å². The molecular weight excluding hydrogens is 267 g/mol. The lowest BCUT2D eigenvalue weighted by Crippen LogP contribution is -2.40. The van der Waals surface area contributed by atoms with Gasteiger partial charge >= 0.3 is 0 Å². The van der Waals surface area contributed by atoms with Gasteiger partial charge in [-0.3, -0.25) is 4.79 Å². The van der Waals surface area contributed by atoms with Crippen molar-refractivity contribution >= 4 is 18.3 Å². The molecule has 1 aromatic carbocycles. The number of carbonyl (C=O) groups excluding carboxylic acids is 1. The molecule has 1 aromatic rings. The summed E-state index contributed by atoms with van der Waals surface area (Å²) >= 11 is 0. The molecule has 0 fully saturated rings. The van der Waals surface area contributed by atoms with Gasteiger partial charge in [0.2, 0.25) is 5.91 Å². The second-order valence-electron chi connectivity index (χ2n) is 4.68. The molecule has 2 atom stereocenters. The summed E-state index contributed by atoms with van der Waals surface area (Å²) in [6, 6.07) is 6.64. The number of rotatable bonds is 6. The first kappa shape index (κ1) is 17.9. The molecule has 3 nitrogen and oxygen atoms in total. The van der Waals surface area contributed by atoms with Crippen LogP contribution in [0.1, 0.15) is 25.8 Å². The second kappa shape index (κ2) is 8.88. The first-order valence-corrected chi connectivity index (χ1v) is 6.28. The first-order valence-electron chi connectivity index (χ1n) is 6.28. The van der Waals surface area contributed by atoms with Crippen molar-refractivity contribution in [3.63, 3.8) is 0 Å². The van der Waals surface area contributed by atoms with Gasteiger partial charge in [0.25, 0.3) is 0 Å². The fraction of sp³-hybridized carbons (Fsp3) is 0.500. The summed E-state index contributed by atoms with van der Waals surface area (Å²) in [5, 5.41) is 2.82. The summed E-state index contributed by atoms with van der Waals surface area (Å²) < 4.78 is 13.4. The molecule has 1 amide bonds. The number of benzene rings is 1. The predicted octanol–water partition coefficient (Wildman–Crippen LogP) is 2.28.